The number of nitrogens with one attached hydrogen (secondary N) is 1. The summed E-state index contributed by atoms with van der Waals surface area (Å²) in [5.74, 6) is 0.620. The third-order valence-corrected chi connectivity index (χ3v) is 2.62. The highest BCUT2D eigenvalue weighted by Gasteiger charge is 2.02. The van der Waals surface area contributed by atoms with E-state index in [0.29, 0.717) is 18.4 Å². The Kier molecular flexibility index (Phi) is 3.10. The zero-order valence-electron chi connectivity index (χ0n) is 9.12. The average Bonchev–Trinajstić information content (AvgIpc) is 2.66. The molecule has 1 aromatic heterocycles. The molecular formula is C11H12ClN3O. The van der Waals surface area contributed by atoms with Crippen LogP contribution < -0.4 is 5.32 Å². The zero-order chi connectivity index (χ0) is 11.5. The van der Waals surface area contributed by atoms with Crippen molar-refractivity contribution in [1.29, 1.82) is 0 Å². The lowest BCUT2D eigenvalue weighted by Crippen LogP contribution is -1.99. The van der Waals surface area contributed by atoms with Crippen molar-refractivity contribution in [3.63, 3.8) is 0 Å². The van der Waals surface area contributed by atoms with Crippen LogP contribution in [-0.4, -0.2) is 10.1 Å². The molecule has 84 valence electrons. The summed E-state index contributed by atoms with van der Waals surface area (Å²) in [6.45, 7) is 4.39. The first kappa shape index (κ1) is 11.0. The van der Waals surface area contributed by atoms with Crippen molar-refractivity contribution in [2.75, 3.05) is 5.32 Å². The van der Waals surface area contributed by atoms with Gasteiger partial charge in [-0.3, -0.25) is 0 Å². The minimum absolute atomic E-state index is 0.435. The first-order valence-electron chi connectivity index (χ1n) is 4.94. The number of halogens is 1. The number of hydrogen-bond acceptors (Lipinski definition) is 4. The van der Waals surface area contributed by atoms with Crippen LogP contribution in [0.15, 0.2) is 22.7 Å². The van der Waals surface area contributed by atoms with Crippen LogP contribution in [0.2, 0.25) is 5.02 Å². The van der Waals surface area contributed by atoms with Gasteiger partial charge >= 0.3 is 6.01 Å². The first-order chi connectivity index (χ1) is 7.65. The molecule has 5 heteroatoms. The molecule has 0 spiro atoms. The van der Waals surface area contributed by atoms with Gasteiger partial charge in [-0.15, -0.1) is 0 Å². The summed E-state index contributed by atoms with van der Waals surface area (Å²) in [5.41, 5.74) is 2.18. The number of rotatable bonds is 3. The maximum atomic E-state index is 5.94. The predicted molar refractivity (Wildman–Crippen MR) is 62.6 cm³/mol. The van der Waals surface area contributed by atoms with Gasteiger partial charge < -0.3 is 9.84 Å². The Labute approximate surface area is 98.6 Å². The van der Waals surface area contributed by atoms with E-state index in [9.17, 15) is 0 Å². The van der Waals surface area contributed by atoms with Gasteiger partial charge in [-0.2, -0.15) is 4.98 Å². The van der Waals surface area contributed by atoms with Crippen LogP contribution in [0.1, 0.15) is 17.0 Å². The number of anilines is 1. The Morgan fingerprint density at radius 3 is 2.81 bits per heavy atom. The molecule has 0 saturated carbocycles. The maximum absolute atomic E-state index is 5.94. The Morgan fingerprint density at radius 2 is 2.19 bits per heavy atom. The highest BCUT2D eigenvalue weighted by Crippen LogP contribution is 2.16. The van der Waals surface area contributed by atoms with E-state index in [0.717, 1.165) is 16.1 Å². The zero-order valence-corrected chi connectivity index (χ0v) is 9.88. The third kappa shape index (κ3) is 2.52. The largest absolute Gasteiger partial charge is 0.334 e. The Hall–Kier alpha value is -1.55. The van der Waals surface area contributed by atoms with Gasteiger partial charge in [-0.05, 0) is 31.0 Å². The average molecular weight is 238 g/mol. The molecule has 1 aromatic carbocycles. The monoisotopic (exact) mass is 237 g/mol. The quantitative estimate of drug-likeness (QED) is 0.892. The third-order valence-electron chi connectivity index (χ3n) is 2.19. The van der Waals surface area contributed by atoms with E-state index >= 15 is 0 Å². The number of nitrogens with zero attached hydrogens (tertiary/aromatic N) is 2. The van der Waals surface area contributed by atoms with Crippen LogP contribution in [0.25, 0.3) is 0 Å². The second-order valence-electron chi connectivity index (χ2n) is 3.58. The second-order valence-corrected chi connectivity index (χ2v) is 3.99. The van der Waals surface area contributed by atoms with E-state index in [4.69, 9.17) is 16.1 Å². The first-order valence-corrected chi connectivity index (χ1v) is 5.32. The van der Waals surface area contributed by atoms with Crippen molar-refractivity contribution >= 4 is 17.6 Å². The normalized spacial score (nSPS) is 10.4. The minimum atomic E-state index is 0.435. The molecule has 0 aliphatic rings. The summed E-state index contributed by atoms with van der Waals surface area (Å²) in [5, 5.41) is 7.51. The minimum Gasteiger partial charge on any atom is -0.334 e. The van der Waals surface area contributed by atoms with Gasteiger partial charge in [0.05, 0.1) is 0 Å². The Bertz CT molecular complexity index is 496. The molecule has 4 nitrogen and oxygen atoms in total. The SMILES string of the molecule is Cc1noc(NCc2ccc(Cl)c(C)c2)n1. The number of aromatic nitrogens is 2. The van der Waals surface area contributed by atoms with Gasteiger partial charge in [0.15, 0.2) is 5.82 Å². The van der Waals surface area contributed by atoms with Crippen molar-refractivity contribution in [3.05, 3.63) is 40.2 Å². The van der Waals surface area contributed by atoms with E-state index in [1.807, 2.05) is 25.1 Å². The highest BCUT2D eigenvalue weighted by molar-refractivity contribution is 6.31. The lowest BCUT2D eigenvalue weighted by Gasteiger charge is -2.04. The molecule has 1 N–H and O–H groups in total. The van der Waals surface area contributed by atoms with Crippen molar-refractivity contribution in [2.24, 2.45) is 0 Å². The van der Waals surface area contributed by atoms with Crippen LogP contribution in [0.5, 0.6) is 0 Å². The molecule has 0 amide bonds. The smallest absolute Gasteiger partial charge is 0.321 e. The summed E-state index contributed by atoms with van der Waals surface area (Å²) < 4.78 is 4.94. The molecule has 0 bridgehead atoms. The molecule has 1 heterocycles. The van der Waals surface area contributed by atoms with Crippen LogP contribution in [0.4, 0.5) is 6.01 Å². The molecule has 0 radical (unpaired) electrons. The molecule has 2 aromatic rings. The Morgan fingerprint density at radius 1 is 1.38 bits per heavy atom. The van der Waals surface area contributed by atoms with E-state index < -0.39 is 0 Å². The second kappa shape index (κ2) is 4.53. The maximum Gasteiger partial charge on any atom is 0.321 e. The van der Waals surface area contributed by atoms with Crippen molar-refractivity contribution in [3.8, 4) is 0 Å². The van der Waals surface area contributed by atoms with E-state index in [1.54, 1.807) is 6.92 Å². The summed E-state index contributed by atoms with van der Waals surface area (Å²) in [7, 11) is 0. The number of hydrogen-bond donors (Lipinski definition) is 1. The van der Waals surface area contributed by atoms with E-state index in [2.05, 4.69) is 15.5 Å². The molecule has 0 unspecified atom stereocenters. The lowest BCUT2D eigenvalue weighted by molar-refractivity contribution is 0.425. The van der Waals surface area contributed by atoms with Crippen LogP contribution >= 0.6 is 11.6 Å². The van der Waals surface area contributed by atoms with Crippen molar-refractivity contribution in [1.82, 2.24) is 10.1 Å². The standard InChI is InChI=1S/C11H12ClN3O/c1-7-5-9(3-4-10(7)12)6-13-11-14-8(2)15-16-11/h3-5H,6H2,1-2H3,(H,13,14,15). The van der Waals surface area contributed by atoms with Gasteiger partial charge in [0.1, 0.15) is 0 Å². The van der Waals surface area contributed by atoms with Gasteiger partial charge in [-0.1, -0.05) is 28.9 Å². The highest BCUT2D eigenvalue weighted by atomic mass is 35.5. The summed E-state index contributed by atoms with van der Waals surface area (Å²) in [6, 6.07) is 6.31. The summed E-state index contributed by atoms with van der Waals surface area (Å²) in [6.07, 6.45) is 0. The van der Waals surface area contributed by atoms with Crippen LogP contribution in [0.3, 0.4) is 0 Å². The van der Waals surface area contributed by atoms with Gasteiger partial charge in [0.2, 0.25) is 0 Å². The number of aryl methyl sites for hydroxylation is 2. The summed E-state index contributed by atoms with van der Waals surface area (Å²) in [4.78, 5) is 4.05. The lowest BCUT2D eigenvalue weighted by atomic mass is 10.1. The molecule has 0 aliphatic carbocycles. The van der Waals surface area contributed by atoms with Gasteiger partial charge in [0.25, 0.3) is 0 Å². The topological polar surface area (TPSA) is 51.0 Å². The predicted octanol–water partition coefficient (Wildman–Crippen LogP) is 2.95. The van der Waals surface area contributed by atoms with E-state index in [1.165, 1.54) is 0 Å². The van der Waals surface area contributed by atoms with Gasteiger partial charge in [-0.25, -0.2) is 0 Å². The molecule has 0 fully saturated rings. The molecule has 0 saturated heterocycles. The van der Waals surface area contributed by atoms with Crippen LogP contribution in [-0.2, 0) is 6.54 Å². The fourth-order valence-corrected chi connectivity index (χ4v) is 1.48. The van der Waals surface area contributed by atoms with Crippen molar-refractivity contribution < 1.29 is 4.52 Å². The molecule has 16 heavy (non-hydrogen) atoms. The molecular weight excluding hydrogens is 226 g/mol. The van der Waals surface area contributed by atoms with Crippen LogP contribution in [0, 0.1) is 13.8 Å². The Balaban J connectivity index is 2.02. The van der Waals surface area contributed by atoms with Gasteiger partial charge in [0, 0.05) is 11.6 Å². The molecule has 2 rings (SSSR count). The van der Waals surface area contributed by atoms with E-state index in [-0.39, 0.29) is 0 Å². The molecule has 0 atom stereocenters. The molecule has 0 aliphatic heterocycles. The van der Waals surface area contributed by atoms with Crippen molar-refractivity contribution in [2.45, 2.75) is 20.4 Å². The fraction of sp³-hybridized carbons (Fsp3) is 0.273. The number of benzene rings is 1. The summed E-state index contributed by atoms with van der Waals surface area (Å²) >= 11 is 5.94. The fourth-order valence-electron chi connectivity index (χ4n) is 1.36.